The minimum atomic E-state index is -4.72. The summed E-state index contributed by atoms with van der Waals surface area (Å²) in [5, 5.41) is 5.21. The van der Waals surface area contributed by atoms with Crippen LogP contribution in [0.25, 0.3) is 37.5 Å². The van der Waals surface area contributed by atoms with Gasteiger partial charge in [0.1, 0.15) is 11.5 Å². The van der Waals surface area contributed by atoms with E-state index in [1.54, 1.807) is 26.1 Å². The second kappa shape index (κ2) is 8.91. The molecule has 1 atom stereocenters. The Kier molecular flexibility index (Phi) is 5.76. The average Bonchev–Trinajstić information content (AvgIpc) is 3.55. The highest BCUT2D eigenvalue weighted by Crippen LogP contribution is 2.35. The molecule has 0 radical (unpaired) electrons. The molecule has 0 N–H and O–H groups in total. The number of ether oxygens (including phenoxy) is 1. The summed E-state index contributed by atoms with van der Waals surface area (Å²) in [5.74, 6) is -0.961. The molecule has 0 aliphatic carbocycles. The van der Waals surface area contributed by atoms with E-state index in [4.69, 9.17) is 4.74 Å². The van der Waals surface area contributed by atoms with Crippen molar-refractivity contribution in [2.75, 3.05) is 13.2 Å². The summed E-state index contributed by atoms with van der Waals surface area (Å²) in [6.07, 6.45) is -2.11. The highest BCUT2D eigenvalue weighted by atomic mass is 32.1. The Labute approximate surface area is 216 Å². The van der Waals surface area contributed by atoms with Gasteiger partial charge in [-0.2, -0.15) is 18.3 Å². The summed E-state index contributed by atoms with van der Waals surface area (Å²) in [7, 11) is 0. The second-order valence-corrected chi connectivity index (χ2v) is 10.2. The Morgan fingerprint density at radius 3 is 2.61 bits per heavy atom. The Hall–Kier alpha value is -3.77. The van der Waals surface area contributed by atoms with Gasteiger partial charge in [0.05, 0.1) is 28.4 Å². The summed E-state index contributed by atoms with van der Waals surface area (Å²) in [4.78, 5) is 27.4. The van der Waals surface area contributed by atoms with Gasteiger partial charge in [-0.1, -0.05) is 0 Å². The van der Waals surface area contributed by atoms with Crippen LogP contribution in [0.15, 0.2) is 41.3 Å². The largest absolute Gasteiger partial charge is 0.416 e. The van der Waals surface area contributed by atoms with Crippen molar-refractivity contribution in [2.45, 2.75) is 32.4 Å². The summed E-state index contributed by atoms with van der Waals surface area (Å²) in [5.41, 5.74) is -0.181. The number of pyridine rings is 1. The number of benzene rings is 1. The van der Waals surface area contributed by atoms with Gasteiger partial charge >= 0.3 is 6.18 Å². The van der Waals surface area contributed by atoms with Crippen molar-refractivity contribution in [3.05, 3.63) is 75.2 Å². The molecule has 7 nitrogen and oxygen atoms in total. The highest BCUT2D eigenvalue weighted by molar-refractivity contribution is 7.22. The molecule has 194 valence electrons. The zero-order chi connectivity index (χ0) is 26.8. The molecule has 0 saturated carbocycles. The number of rotatable bonds is 3. The van der Waals surface area contributed by atoms with Crippen LogP contribution in [0.4, 0.5) is 17.6 Å². The van der Waals surface area contributed by atoms with Crippen LogP contribution in [-0.2, 0) is 10.9 Å². The lowest BCUT2D eigenvalue weighted by molar-refractivity contribution is -0.137. The van der Waals surface area contributed by atoms with E-state index in [2.05, 4.69) is 20.1 Å². The lowest BCUT2D eigenvalue weighted by atomic mass is 10.0. The number of aromatic nitrogens is 5. The van der Waals surface area contributed by atoms with Crippen molar-refractivity contribution in [1.82, 2.24) is 24.7 Å². The monoisotopic (exact) mass is 541 g/mol. The molecule has 0 bridgehead atoms. The molecule has 4 aromatic heterocycles. The second-order valence-electron chi connectivity index (χ2n) is 9.14. The molecule has 12 heteroatoms. The first-order valence-electron chi connectivity index (χ1n) is 11.7. The molecule has 5 heterocycles. The number of hydrogen-bond donors (Lipinski definition) is 0. The van der Waals surface area contributed by atoms with Crippen LogP contribution in [0.5, 0.6) is 0 Å². The Balaban J connectivity index is 1.57. The van der Waals surface area contributed by atoms with Gasteiger partial charge in [-0.05, 0) is 50.6 Å². The fourth-order valence-corrected chi connectivity index (χ4v) is 5.50. The number of fused-ring (bicyclic) bond motifs is 2. The fourth-order valence-electron chi connectivity index (χ4n) is 4.44. The Bertz CT molecular complexity index is 1790. The number of halogens is 4. The molecule has 0 unspecified atom stereocenters. The SMILES string of the molecule is Cc1nc2c(=O)c(-c3cc4cnc([C@H]5CCOC5)cc4s3)nn(-c3ccc(C(F)(F)F)cc3F)c2nc1C. The molecule has 1 aliphatic rings. The van der Waals surface area contributed by atoms with Crippen LogP contribution >= 0.6 is 11.3 Å². The van der Waals surface area contributed by atoms with Crippen LogP contribution < -0.4 is 5.43 Å². The van der Waals surface area contributed by atoms with Crippen molar-refractivity contribution >= 4 is 32.6 Å². The van der Waals surface area contributed by atoms with Gasteiger partial charge in [0, 0.05) is 34.5 Å². The first kappa shape index (κ1) is 24.6. The molecule has 5 aromatic rings. The van der Waals surface area contributed by atoms with E-state index in [0.717, 1.165) is 39.0 Å². The number of nitrogens with zero attached hydrogens (tertiary/aromatic N) is 5. The van der Waals surface area contributed by atoms with Gasteiger partial charge in [-0.15, -0.1) is 11.3 Å². The fraction of sp³-hybridized carbons (Fsp3) is 0.269. The number of hydrogen-bond acceptors (Lipinski definition) is 7. The van der Waals surface area contributed by atoms with Crippen molar-refractivity contribution in [2.24, 2.45) is 0 Å². The molecule has 0 spiro atoms. The number of thiophene rings is 1. The first-order valence-corrected chi connectivity index (χ1v) is 12.5. The maximum atomic E-state index is 15.1. The predicted molar refractivity (Wildman–Crippen MR) is 134 cm³/mol. The maximum Gasteiger partial charge on any atom is 0.416 e. The normalized spacial score (nSPS) is 16.1. The molecule has 0 amide bonds. The number of alkyl halides is 3. The smallest absolute Gasteiger partial charge is 0.381 e. The topological polar surface area (TPSA) is 82.8 Å². The van der Waals surface area contributed by atoms with E-state index < -0.39 is 23.0 Å². The Morgan fingerprint density at radius 1 is 1.11 bits per heavy atom. The lowest BCUT2D eigenvalue weighted by Crippen LogP contribution is -2.19. The molecule has 38 heavy (non-hydrogen) atoms. The Morgan fingerprint density at radius 2 is 1.89 bits per heavy atom. The van der Waals surface area contributed by atoms with E-state index in [1.807, 2.05) is 6.07 Å². The van der Waals surface area contributed by atoms with E-state index in [9.17, 15) is 18.0 Å². The summed E-state index contributed by atoms with van der Waals surface area (Å²) in [6, 6.07) is 5.86. The zero-order valence-electron chi connectivity index (χ0n) is 20.1. The molecule has 1 aliphatic heterocycles. The van der Waals surface area contributed by atoms with E-state index in [0.29, 0.717) is 35.5 Å². The molecule has 1 aromatic carbocycles. The van der Waals surface area contributed by atoms with Crippen LogP contribution in [0.1, 0.15) is 35.0 Å². The van der Waals surface area contributed by atoms with Crippen LogP contribution in [-0.4, -0.2) is 37.9 Å². The first-order chi connectivity index (χ1) is 18.1. The van der Waals surface area contributed by atoms with E-state index >= 15 is 4.39 Å². The molecular weight excluding hydrogens is 522 g/mol. The van der Waals surface area contributed by atoms with Crippen molar-refractivity contribution in [1.29, 1.82) is 0 Å². The van der Waals surface area contributed by atoms with Crippen LogP contribution in [0, 0.1) is 19.7 Å². The molecule has 1 fully saturated rings. The van der Waals surface area contributed by atoms with Crippen molar-refractivity contribution in [3.8, 4) is 16.3 Å². The highest BCUT2D eigenvalue weighted by Gasteiger charge is 2.32. The van der Waals surface area contributed by atoms with Gasteiger partial charge in [0.2, 0.25) is 5.43 Å². The standard InChI is InChI=1S/C26H19F4N5O2S/c1-12-13(2)33-25-23(32-12)24(36)22(34-35(25)19-4-3-16(8-17(19)27)26(28,29)30)21-7-15-10-31-18(9-20(15)38-21)14-5-6-37-11-14/h3-4,7-10,14H,5-6,11H2,1-2H3/t14-/m0/s1. The maximum absolute atomic E-state index is 15.1. The summed E-state index contributed by atoms with van der Waals surface area (Å²) in [6.45, 7) is 4.63. The molecule has 1 saturated heterocycles. The van der Waals surface area contributed by atoms with Gasteiger partial charge in [0.15, 0.2) is 16.9 Å². The minimum Gasteiger partial charge on any atom is -0.381 e. The predicted octanol–water partition coefficient (Wildman–Crippen LogP) is 5.73. The third kappa shape index (κ3) is 4.13. The quantitative estimate of drug-likeness (QED) is 0.271. The molecular formula is C26H19F4N5O2S. The van der Waals surface area contributed by atoms with Gasteiger partial charge in [0.25, 0.3) is 0 Å². The van der Waals surface area contributed by atoms with Gasteiger partial charge in [-0.25, -0.2) is 19.0 Å². The average molecular weight is 542 g/mol. The lowest BCUT2D eigenvalue weighted by Gasteiger charge is -2.14. The number of aryl methyl sites for hydroxylation is 2. The van der Waals surface area contributed by atoms with Crippen LogP contribution in [0.3, 0.4) is 0 Å². The molecule has 6 rings (SSSR count). The summed E-state index contributed by atoms with van der Waals surface area (Å²) < 4.78 is 61.9. The van der Waals surface area contributed by atoms with Gasteiger partial charge in [-0.3, -0.25) is 9.78 Å². The van der Waals surface area contributed by atoms with Crippen molar-refractivity contribution < 1.29 is 22.3 Å². The van der Waals surface area contributed by atoms with Crippen LogP contribution in [0.2, 0.25) is 0 Å². The summed E-state index contributed by atoms with van der Waals surface area (Å²) >= 11 is 1.32. The van der Waals surface area contributed by atoms with E-state index in [1.165, 1.54) is 11.3 Å². The minimum absolute atomic E-state index is 0.0127. The van der Waals surface area contributed by atoms with Crippen molar-refractivity contribution in [3.63, 3.8) is 0 Å². The zero-order valence-corrected chi connectivity index (χ0v) is 21.0. The third-order valence-corrected chi connectivity index (χ3v) is 7.73. The van der Waals surface area contributed by atoms with E-state index in [-0.39, 0.29) is 28.5 Å². The van der Waals surface area contributed by atoms with Gasteiger partial charge < -0.3 is 4.74 Å². The third-order valence-electron chi connectivity index (χ3n) is 6.63.